The van der Waals surface area contributed by atoms with Gasteiger partial charge in [0, 0.05) is 21.8 Å². The number of benzene rings is 2. The van der Waals surface area contributed by atoms with Crippen LogP contribution < -0.4 is 0 Å². The van der Waals surface area contributed by atoms with Gasteiger partial charge in [-0.2, -0.15) is 12.6 Å². The van der Waals surface area contributed by atoms with E-state index in [1.807, 2.05) is 0 Å². The van der Waals surface area contributed by atoms with Crippen molar-refractivity contribution in [2.24, 2.45) is 0 Å². The van der Waals surface area contributed by atoms with Gasteiger partial charge >= 0.3 is 0 Å². The molecule has 2 aromatic carbocycles. The van der Waals surface area contributed by atoms with E-state index in [0.29, 0.717) is 5.88 Å². The molecule has 0 N–H and O–H groups in total. The van der Waals surface area contributed by atoms with Gasteiger partial charge in [0.25, 0.3) is 0 Å². The van der Waals surface area contributed by atoms with E-state index in [0.717, 1.165) is 0 Å². The van der Waals surface area contributed by atoms with Gasteiger partial charge in [0.15, 0.2) is 0 Å². The molecule has 0 unspecified atom stereocenters. The van der Waals surface area contributed by atoms with Crippen molar-refractivity contribution in [3.05, 3.63) is 48.5 Å². The number of rotatable bonds is 1. The van der Waals surface area contributed by atoms with Gasteiger partial charge in [-0.25, -0.2) is 0 Å². The van der Waals surface area contributed by atoms with Crippen LogP contribution in [0.25, 0.3) is 21.8 Å². The van der Waals surface area contributed by atoms with E-state index in [2.05, 4.69) is 65.7 Å². The lowest BCUT2D eigenvalue weighted by atomic mass is 10.2. The van der Waals surface area contributed by atoms with Gasteiger partial charge in [-0.1, -0.05) is 36.4 Å². The van der Waals surface area contributed by atoms with Crippen molar-refractivity contribution in [3.8, 4) is 0 Å². The third-order valence-electron chi connectivity index (χ3n) is 2.82. The molecule has 0 aliphatic rings. The molecule has 74 valence electrons. The van der Waals surface area contributed by atoms with E-state index < -0.39 is 0 Å². The largest absolute Gasteiger partial charge is 0.331 e. The molecule has 3 aromatic rings. The zero-order chi connectivity index (χ0) is 10.3. The highest BCUT2D eigenvalue weighted by Gasteiger charge is 2.07. The summed E-state index contributed by atoms with van der Waals surface area (Å²) in [6.07, 6.45) is 0. The van der Waals surface area contributed by atoms with Gasteiger partial charge < -0.3 is 4.57 Å². The number of hydrogen-bond donors (Lipinski definition) is 1. The van der Waals surface area contributed by atoms with Gasteiger partial charge in [0.1, 0.15) is 0 Å². The van der Waals surface area contributed by atoms with E-state index >= 15 is 0 Å². The first kappa shape index (κ1) is 8.86. The lowest BCUT2D eigenvalue weighted by Crippen LogP contribution is -1.90. The first-order valence-corrected chi connectivity index (χ1v) is 5.62. The molecule has 0 saturated carbocycles. The van der Waals surface area contributed by atoms with Crippen molar-refractivity contribution in [3.63, 3.8) is 0 Å². The normalized spacial score (nSPS) is 11.3. The summed E-state index contributed by atoms with van der Waals surface area (Å²) in [4.78, 5) is 0. The molecule has 0 fully saturated rings. The van der Waals surface area contributed by atoms with E-state index in [1.165, 1.54) is 21.8 Å². The number of hydrogen-bond acceptors (Lipinski definition) is 1. The van der Waals surface area contributed by atoms with E-state index in [9.17, 15) is 0 Å². The zero-order valence-electron chi connectivity index (χ0n) is 8.22. The van der Waals surface area contributed by atoms with Crippen LogP contribution in [0.2, 0.25) is 0 Å². The Balaban J connectivity index is 2.62. The Hall–Kier alpha value is -1.41. The third kappa shape index (κ3) is 1.18. The van der Waals surface area contributed by atoms with Gasteiger partial charge in [0.2, 0.25) is 0 Å². The Labute approximate surface area is 93.7 Å². The fourth-order valence-electron chi connectivity index (χ4n) is 2.16. The quantitative estimate of drug-likeness (QED) is 0.588. The molecule has 0 bridgehead atoms. The second kappa shape index (κ2) is 3.31. The van der Waals surface area contributed by atoms with Crippen molar-refractivity contribution in [2.45, 2.75) is 5.88 Å². The molecule has 0 aliphatic heterocycles. The van der Waals surface area contributed by atoms with E-state index in [-0.39, 0.29) is 0 Å². The minimum Gasteiger partial charge on any atom is -0.331 e. The number of para-hydroxylation sites is 2. The predicted molar refractivity (Wildman–Crippen MR) is 68.4 cm³/mol. The lowest BCUT2D eigenvalue weighted by Gasteiger charge is -2.00. The summed E-state index contributed by atoms with van der Waals surface area (Å²) >= 11 is 4.39. The molecule has 15 heavy (non-hydrogen) atoms. The minimum absolute atomic E-state index is 0.716. The maximum Gasteiger partial charge on any atom is 0.0659 e. The number of fused-ring (bicyclic) bond motifs is 3. The van der Waals surface area contributed by atoms with Crippen molar-refractivity contribution < 1.29 is 0 Å². The van der Waals surface area contributed by atoms with Crippen LogP contribution in [0.5, 0.6) is 0 Å². The van der Waals surface area contributed by atoms with Crippen LogP contribution in [-0.4, -0.2) is 4.57 Å². The average molecular weight is 213 g/mol. The maximum absolute atomic E-state index is 4.39. The van der Waals surface area contributed by atoms with Crippen LogP contribution in [-0.2, 0) is 5.88 Å². The molecule has 3 rings (SSSR count). The zero-order valence-corrected chi connectivity index (χ0v) is 9.11. The van der Waals surface area contributed by atoms with Crippen LogP contribution in [0.15, 0.2) is 48.5 Å². The van der Waals surface area contributed by atoms with Gasteiger partial charge in [-0.15, -0.1) is 0 Å². The first-order valence-electron chi connectivity index (χ1n) is 4.98. The molecule has 0 aliphatic carbocycles. The molecule has 0 saturated heterocycles. The molecule has 1 heterocycles. The standard InChI is InChI=1S/C13H11NS/c15-9-14-12-7-3-1-5-10(12)11-6-2-4-8-13(11)14/h1-8,15H,9H2. The second-order valence-electron chi connectivity index (χ2n) is 3.60. The number of thiol groups is 1. The van der Waals surface area contributed by atoms with Crippen molar-refractivity contribution in [1.29, 1.82) is 0 Å². The van der Waals surface area contributed by atoms with Gasteiger partial charge in [-0.05, 0) is 12.1 Å². The van der Waals surface area contributed by atoms with Crippen LogP contribution in [0.1, 0.15) is 0 Å². The Bertz CT molecular complexity index is 571. The summed E-state index contributed by atoms with van der Waals surface area (Å²) in [5.74, 6) is 0.716. The highest BCUT2D eigenvalue weighted by Crippen LogP contribution is 2.28. The monoisotopic (exact) mass is 213 g/mol. The molecule has 0 radical (unpaired) electrons. The Morgan fingerprint density at radius 1 is 0.800 bits per heavy atom. The SMILES string of the molecule is SCn1c2ccccc2c2ccccc21. The molecular weight excluding hydrogens is 202 g/mol. The average Bonchev–Trinajstić information content (AvgIpc) is 2.63. The lowest BCUT2D eigenvalue weighted by molar-refractivity contribution is 0.991. The smallest absolute Gasteiger partial charge is 0.0659 e. The number of nitrogens with zero attached hydrogens (tertiary/aromatic N) is 1. The molecule has 1 nitrogen and oxygen atoms in total. The molecule has 0 amide bonds. The molecule has 1 aromatic heterocycles. The van der Waals surface area contributed by atoms with Crippen molar-refractivity contribution in [2.75, 3.05) is 0 Å². The Morgan fingerprint density at radius 2 is 1.27 bits per heavy atom. The second-order valence-corrected chi connectivity index (χ2v) is 3.89. The van der Waals surface area contributed by atoms with E-state index in [1.54, 1.807) is 0 Å². The fraction of sp³-hybridized carbons (Fsp3) is 0.0769. The topological polar surface area (TPSA) is 4.93 Å². The van der Waals surface area contributed by atoms with Crippen molar-refractivity contribution in [1.82, 2.24) is 4.57 Å². The third-order valence-corrected chi connectivity index (χ3v) is 3.10. The summed E-state index contributed by atoms with van der Waals surface area (Å²) in [7, 11) is 0. The Kier molecular flexibility index (Phi) is 1.96. The first-order chi connectivity index (χ1) is 7.42. The summed E-state index contributed by atoms with van der Waals surface area (Å²) in [5, 5.41) is 2.62. The molecule has 2 heteroatoms. The maximum atomic E-state index is 4.39. The molecular formula is C13H11NS. The summed E-state index contributed by atoms with van der Waals surface area (Å²) in [6.45, 7) is 0. The van der Waals surface area contributed by atoms with Crippen molar-refractivity contribution >= 4 is 34.4 Å². The summed E-state index contributed by atoms with van der Waals surface area (Å²) in [6, 6.07) is 16.9. The van der Waals surface area contributed by atoms with Gasteiger partial charge in [0.05, 0.1) is 5.88 Å². The highest BCUT2D eigenvalue weighted by atomic mass is 32.1. The van der Waals surface area contributed by atoms with Crippen LogP contribution in [0.3, 0.4) is 0 Å². The summed E-state index contributed by atoms with van der Waals surface area (Å²) < 4.78 is 2.23. The van der Waals surface area contributed by atoms with Crippen LogP contribution >= 0.6 is 12.6 Å². The number of aromatic nitrogens is 1. The molecule has 0 atom stereocenters. The molecule has 0 spiro atoms. The van der Waals surface area contributed by atoms with E-state index in [4.69, 9.17) is 0 Å². The Morgan fingerprint density at radius 3 is 1.73 bits per heavy atom. The van der Waals surface area contributed by atoms with Crippen LogP contribution in [0, 0.1) is 0 Å². The van der Waals surface area contributed by atoms with Gasteiger partial charge in [-0.3, -0.25) is 0 Å². The fourth-order valence-corrected chi connectivity index (χ4v) is 2.46. The summed E-state index contributed by atoms with van der Waals surface area (Å²) in [5.41, 5.74) is 2.52. The predicted octanol–water partition coefficient (Wildman–Crippen LogP) is 3.68. The highest BCUT2D eigenvalue weighted by molar-refractivity contribution is 7.79. The van der Waals surface area contributed by atoms with Crippen LogP contribution in [0.4, 0.5) is 0 Å². The minimum atomic E-state index is 0.716.